The van der Waals surface area contributed by atoms with Gasteiger partial charge in [0.05, 0.1) is 18.3 Å². The number of carbonyl (C=O) groups is 1. The Morgan fingerprint density at radius 2 is 2.16 bits per heavy atom. The Labute approximate surface area is 146 Å². The fourth-order valence-corrected chi connectivity index (χ4v) is 2.96. The number of aryl methyl sites for hydroxylation is 1. The summed E-state index contributed by atoms with van der Waals surface area (Å²) in [5.74, 6) is 1.76. The highest BCUT2D eigenvalue weighted by molar-refractivity contribution is 5.84. The normalized spacial score (nSPS) is 14.5. The number of hydrogen-bond acceptors (Lipinski definition) is 4. The molecule has 0 spiro atoms. The molecule has 6 heteroatoms. The summed E-state index contributed by atoms with van der Waals surface area (Å²) in [7, 11) is 0. The highest BCUT2D eigenvalue weighted by Gasteiger charge is 2.30. The van der Waals surface area contributed by atoms with E-state index in [2.05, 4.69) is 29.0 Å². The molecule has 0 N–H and O–H groups in total. The van der Waals surface area contributed by atoms with Gasteiger partial charge in [0.15, 0.2) is 11.5 Å². The van der Waals surface area contributed by atoms with Crippen molar-refractivity contribution in [3.63, 3.8) is 0 Å². The molecule has 25 heavy (non-hydrogen) atoms. The Morgan fingerprint density at radius 3 is 2.92 bits per heavy atom. The fraction of sp³-hybridized carbons (Fsp3) is 0.474. The van der Waals surface area contributed by atoms with Gasteiger partial charge in [-0.25, -0.2) is 9.50 Å². The summed E-state index contributed by atoms with van der Waals surface area (Å²) >= 11 is 0. The molecular weight excluding hydrogens is 314 g/mol. The summed E-state index contributed by atoms with van der Waals surface area (Å²) in [6, 6.07) is 5.90. The predicted molar refractivity (Wildman–Crippen MR) is 95.1 cm³/mol. The number of hydrogen-bond donors (Lipinski definition) is 0. The summed E-state index contributed by atoms with van der Waals surface area (Å²) in [4.78, 5) is 16.6. The van der Waals surface area contributed by atoms with E-state index in [4.69, 9.17) is 0 Å². The van der Waals surface area contributed by atoms with Gasteiger partial charge in [-0.05, 0) is 37.3 Å². The van der Waals surface area contributed by atoms with Crippen molar-refractivity contribution in [3.05, 3.63) is 36.4 Å². The maximum absolute atomic E-state index is 12.0. The van der Waals surface area contributed by atoms with Crippen LogP contribution in [0.5, 0.6) is 0 Å². The van der Waals surface area contributed by atoms with Gasteiger partial charge in [-0.1, -0.05) is 19.9 Å². The molecular formula is C19H23N5O. The third-order valence-electron chi connectivity index (χ3n) is 4.63. The van der Waals surface area contributed by atoms with Crippen molar-refractivity contribution in [3.8, 4) is 11.3 Å². The Hall–Kier alpha value is -2.50. The van der Waals surface area contributed by atoms with Gasteiger partial charge < -0.3 is 0 Å². The van der Waals surface area contributed by atoms with Crippen LogP contribution in [0.25, 0.3) is 16.9 Å². The van der Waals surface area contributed by atoms with Crippen molar-refractivity contribution >= 4 is 11.4 Å². The van der Waals surface area contributed by atoms with Crippen LogP contribution in [0.15, 0.2) is 30.6 Å². The summed E-state index contributed by atoms with van der Waals surface area (Å²) in [6.45, 7) is 5.34. The second kappa shape index (κ2) is 6.43. The monoisotopic (exact) mass is 337 g/mol. The Balaban J connectivity index is 1.60. The van der Waals surface area contributed by atoms with Crippen molar-refractivity contribution in [2.75, 3.05) is 0 Å². The number of carbonyl (C=O) groups excluding carboxylic acids is 1. The van der Waals surface area contributed by atoms with Crippen LogP contribution in [-0.2, 0) is 17.8 Å². The van der Waals surface area contributed by atoms with Crippen LogP contribution >= 0.6 is 0 Å². The molecule has 130 valence electrons. The molecule has 0 aromatic carbocycles. The van der Waals surface area contributed by atoms with E-state index in [1.807, 2.05) is 39.8 Å². The number of fused-ring (bicyclic) bond motifs is 1. The summed E-state index contributed by atoms with van der Waals surface area (Å²) in [5.41, 5.74) is 2.73. The van der Waals surface area contributed by atoms with E-state index in [1.165, 1.54) is 0 Å². The third-order valence-corrected chi connectivity index (χ3v) is 4.63. The second-order valence-corrected chi connectivity index (χ2v) is 7.30. The molecule has 0 unspecified atom stereocenters. The molecule has 3 heterocycles. The number of pyridine rings is 1. The largest absolute Gasteiger partial charge is 0.299 e. The lowest BCUT2D eigenvalue weighted by Crippen LogP contribution is -2.06. The Bertz CT molecular complexity index is 904. The molecule has 3 aromatic heterocycles. The molecule has 1 aliphatic rings. The fourth-order valence-electron chi connectivity index (χ4n) is 2.96. The smallest absolute Gasteiger partial charge is 0.159 e. The zero-order valence-electron chi connectivity index (χ0n) is 14.7. The topological polar surface area (TPSA) is 65.1 Å². The first-order valence-corrected chi connectivity index (χ1v) is 9.00. The van der Waals surface area contributed by atoms with Gasteiger partial charge in [-0.15, -0.1) is 0 Å². The van der Waals surface area contributed by atoms with Crippen LogP contribution in [0, 0.1) is 11.8 Å². The minimum absolute atomic E-state index is 0.241. The molecule has 0 bridgehead atoms. The van der Waals surface area contributed by atoms with Crippen molar-refractivity contribution in [1.29, 1.82) is 0 Å². The molecule has 1 saturated carbocycles. The maximum atomic E-state index is 12.0. The number of nitrogens with zero attached hydrogens (tertiary/aromatic N) is 5. The highest BCUT2D eigenvalue weighted by atomic mass is 16.1. The first kappa shape index (κ1) is 16.0. The number of rotatable bonds is 7. The number of ketones is 1. The minimum atomic E-state index is 0.241. The average molecular weight is 337 g/mol. The van der Waals surface area contributed by atoms with E-state index in [1.54, 1.807) is 0 Å². The van der Waals surface area contributed by atoms with Crippen LogP contribution < -0.4 is 0 Å². The van der Waals surface area contributed by atoms with Gasteiger partial charge in [-0.2, -0.15) is 10.2 Å². The predicted octanol–water partition coefficient (Wildman–Crippen LogP) is 3.16. The van der Waals surface area contributed by atoms with E-state index < -0.39 is 0 Å². The lowest BCUT2D eigenvalue weighted by atomic mass is 10.1. The van der Waals surface area contributed by atoms with Crippen molar-refractivity contribution < 1.29 is 4.79 Å². The average Bonchev–Trinajstić information content (AvgIpc) is 3.19. The zero-order valence-corrected chi connectivity index (χ0v) is 14.7. The van der Waals surface area contributed by atoms with E-state index in [0.29, 0.717) is 18.2 Å². The molecule has 1 fully saturated rings. The van der Waals surface area contributed by atoms with E-state index >= 15 is 0 Å². The highest BCUT2D eigenvalue weighted by Crippen LogP contribution is 2.30. The van der Waals surface area contributed by atoms with Crippen LogP contribution in [0.1, 0.15) is 38.9 Å². The minimum Gasteiger partial charge on any atom is -0.299 e. The lowest BCUT2D eigenvalue weighted by Gasteiger charge is -2.04. The van der Waals surface area contributed by atoms with E-state index in [9.17, 15) is 4.79 Å². The van der Waals surface area contributed by atoms with Crippen LogP contribution in [0.4, 0.5) is 0 Å². The number of aromatic nitrogens is 5. The molecule has 1 aliphatic carbocycles. The lowest BCUT2D eigenvalue weighted by molar-refractivity contribution is -0.119. The summed E-state index contributed by atoms with van der Waals surface area (Å²) in [5, 5.41) is 9.03. The standard InChI is InChI=1S/C19H23N5O/c1-13(2)8-9-23-12-15(11-20-23)16-4-3-5-19-21-18(22-24(16)19)10-17(25)14-6-7-14/h3-5,11-14H,6-10H2,1-2H3. The van der Waals surface area contributed by atoms with E-state index in [-0.39, 0.29) is 11.7 Å². The molecule has 0 radical (unpaired) electrons. The van der Waals surface area contributed by atoms with Gasteiger partial charge in [-0.3, -0.25) is 9.48 Å². The molecule has 0 aliphatic heterocycles. The zero-order chi connectivity index (χ0) is 17.4. The second-order valence-electron chi connectivity index (χ2n) is 7.30. The van der Waals surface area contributed by atoms with Gasteiger partial charge in [0, 0.05) is 24.2 Å². The Kier molecular flexibility index (Phi) is 4.11. The molecule has 0 amide bonds. The first-order valence-electron chi connectivity index (χ1n) is 9.00. The third kappa shape index (κ3) is 3.48. The first-order chi connectivity index (χ1) is 12.1. The van der Waals surface area contributed by atoms with Gasteiger partial charge >= 0.3 is 0 Å². The van der Waals surface area contributed by atoms with Crippen molar-refractivity contribution in [2.45, 2.75) is 46.1 Å². The maximum Gasteiger partial charge on any atom is 0.159 e. The van der Waals surface area contributed by atoms with Crippen molar-refractivity contribution in [1.82, 2.24) is 24.4 Å². The van der Waals surface area contributed by atoms with Crippen LogP contribution in [0.3, 0.4) is 0 Å². The van der Waals surface area contributed by atoms with Crippen LogP contribution in [0.2, 0.25) is 0 Å². The molecule has 4 rings (SSSR count). The molecule has 6 nitrogen and oxygen atoms in total. The van der Waals surface area contributed by atoms with Crippen molar-refractivity contribution in [2.24, 2.45) is 11.8 Å². The molecule has 3 aromatic rings. The summed E-state index contributed by atoms with van der Waals surface area (Å²) in [6.07, 6.45) is 7.39. The quantitative estimate of drug-likeness (QED) is 0.664. The molecule has 0 saturated heterocycles. The SMILES string of the molecule is CC(C)CCn1cc(-c2cccc3nc(CC(=O)C4CC4)nn23)cn1. The van der Waals surface area contributed by atoms with Crippen LogP contribution in [-0.4, -0.2) is 30.2 Å². The van der Waals surface area contributed by atoms with Gasteiger partial charge in [0.25, 0.3) is 0 Å². The van der Waals surface area contributed by atoms with E-state index in [0.717, 1.165) is 42.7 Å². The van der Waals surface area contributed by atoms with Gasteiger partial charge in [0.2, 0.25) is 0 Å². The van der Waals surface area contributed by atoms with Gasteiger partial charge in [0.1, 0.15) is 5.78 Å². The number of Topliss-reactive ketones (excluding diaryl/α,β-unsaturated/α-hetero) is 1. The Morgan fingerprint density at radius 1 is 1.32 bits per heavy atom. The summed E-state index contributed by atoms with van der Waals surface area (Å²) < 4.78 is 3.79. The molecule has 0 atom stereocenters.